The van der Waals surface area contributed by atoms with Crippen LogP contribution in [0.25, 0.3) is 0 Å². The number of aryl methyl sites for hydroxylation is 1. The highest BCUT2D eigenvalue weighted by molar-refractivity contribution is 7.89. The van der Waals surface area contributed by atoms with E-state index in [2.05, 4.69) is 10.5 Å². The Balaban J connectivity index is 1.79. The van der Waals surface area contributed by atoms with Crippen LogP contribution in [0.5, 0.6) is 11.5 Å². The zero-order valence-electron chi connectivity index (χ0n) is 19.3. The zero-order chi connectivity index (χ0) is 24.6. The molecule has 0 aliphatic heterocycles. The number of hydrazone groups is 1. The first-order chi connectivity index (χ1) is 16.3. The lowest BCUT2D eigenvalue weighted by Gasteiger charge is -2.21. The number of amides is 1. The standard InChI is InChI=1S/C25H27N3O5S/c1-19-12-14-22(15-13-19)34(30,31)28(17-20-8-5-4-6-9-20)18-24(29)27-26-16-21-10-7-11-23(32-2)25(21)33-3/h4-16H,17-18H2,1-3H3,(H,27,29)/b26-16-. The van der Waals surface area contributed by atoms with Gasteiger partial charge in [-0.2, -0.15) is 9.41 Å². The molecule has 0 bridgehead atoms. The number of rotatable bonds is 10. The molecule has 0 fully saturated rings. The summed E-state index contributed by atoms with van der Waals surface area (Å²) in [6.07, 6.45) is 1.41. The average molecular weight is 482 g/mol. The van der Waals surface area contributed by atoms with Gasteiger partial charge in [-0.25, -0.2) is 13.8 Å². The minimum Gasteiger partial charge on any atom is -0.493 e. The van der Waals surface area contributed by atoms with Gasteiger partial charge in [0.1, 0.15) is 0 Å². The smallest absolute Gasteiger partial charge is 0.255 e. The number of carbonyl (C=O) groups excluding carboxylic acids is 1. The summed E-state index contributed by atoms with van der Waals surface area (Å²) in [6, 6.07) is 20.9. The molecule has 0 aliphatic carbocycles. The van der Waals surface area contributed by atoms with E-state index in [4.69, 9.17) is 9.47 Å². The average Bonchev–Trinajstić information content (AvgIpc) is 2.84. The Bertz CT molecular complexity index is 1240. The fraction of sp³-hybridized carbons (Fsp3) is 0.200. The van der Waals surface area contributed by atoms with Crippen molar-refractivity contribution in [3.8, 4) is 11.5 Å². The van der Waals surface area contributed by atoms with Crippen LogP contribution in [0.1, 0.15) is 16.7 Å². The van der Waals surface area contributed by atoms with Crippen molar-refractivity contribution in [1.29, 1.82) is 0 Å². The second kappa shape index (κ2) is 11.4. The van der Waals surface area contributed by atoms with Crippen molar-refractivity contribution in [3.63, 3.8) is 0 Å². The molecule has 34 heavy (non-hydrogen) atoms. The maximum Gasteiger partial charge on any atom is 0.255 e. The topological polar surface area (TPSA) is 97.3 Å². The third kappa shape index (κ3) is 6.21. The molecular formula is C25H27N3O5S. The molecule has 0 heterocycles. The number of hydrogen-bond acceptors (Lipinski definition) is 6. The molecule has 0 saturated heterocycles. The van der Waals surface area contributed by atoms with Crippen molar-refractivity contribution in [2.24, 2.45) is 5.10 Å². The van der Waals surface area contributed by atoms with Gasteiger partial charge < -0.3 is 9.47 Å². The van der Waals surface area contributed by atoms with Crippen LogP contribution in [0, 0.1) is 6.92 Å². The summed E-state index contributed by atoms with van der Waals surface area (Å²) < 4.78 is 38.3. The van der Waals surface area contributed by atoms with E-state index in [1.54, 1.807) is 30.3 Å². The van der Waals surface area contributed by atoms with Crippen LogP contribution in [0.4, 0.5) is 0 Å². The van der Waals surface area contributed by atoms with Crippen molar-refractivity contribution in [3.05, 3.63) is 89.5 Å². The summed E-state index contributed by atoms with van der Waals surface area (Å²) >= 11 is 0. The van der Waals surface area contributed by atoms with Crippen LogP contribution in [0.3, 0.4) is 0 Å². The van der Waals surface area contributed by atoms with Crippen molar-refractivity contribution in [2.75, 3.05) is 20.8 Å². The van der Waals surface area contributed by atoms with Crippen molar-refractivity contribution in [2.45, 2.75) is 18.4 Å². The molecule has 0 radical (unpaired) electrons. The number of nitrogens with zero attached hydrogens (tertiary/aromatic N) is 2. The van der Waals surface area contributed by atoms with E-state index < -0.39 is 22.5 Å². The van der Waals surface area contributed by atoms with Crippen molar-refractivity contribution in [1.82, 2.24) is 9.73 Å². The maximum absolute atomic E-state index is 13.3. The molecule has 3 aromatic rings. The number of hydrogen-bond donors (Lipinski definition) is 1. The molecule has 0 saturated carbocycles. The Morgan fingerprint density at radius 2 is 1.68 bits per heavy atom. The first kappa shape index (κ1) is 24.9. The summed E-state index contributed by atoms with van der Waals surface area (Å²) in [5, 5.41) is 3.97. The SMILES string of the molecule is COc1cccc(/C=N\NC(=O)CN(Cc2ccccc2)S(=O)(=O)c2ccc(C)cc2)c1OC. The molecule has 0 aromatic heterocycles. The van der Waals surface area contributed by atoms with E-state index in [0.717, 1.165) is 15.4 Å². The lowest BCUT2D eigenvalue weighted by molar-refractivity contribution is -0.121. The van der Waals surface area contributed by atoms with Crippen LogP contribution in [-0.2, 0) is 21.4 Å². The second-order valence-electron chi connectivity index (χ2n) is 7.45. The van der Waals surface area contributed by atoms with Gasteiger partial charge in [-0.1, -0.05) is 54.1 Å². The molecule has 1 amide bonds. The van der Waals surface area contributed by atoms with Gasteiger partial charge in [0.25, 0.3) is 5.91 Å². The summed E-state index contributed by atoms with van der Waals surface area (Å²) in [7, 11) is -0.895. The van der Waals surface area contributed by atoms with Crippen LogP contribution < -0.4 is 14.9 Å². The normalized spacial score (nSPS) is 11.5. The third-order valence-electron chi connectivity index (χ3n) is 5.01. The molecule has 8 nitrogen and oxygen atoms in total. The van der Waals surface area contributed by atoms with Crippen molar-refractivity contribution < 1.29 is 22.7 Å². The van der Waals surface area contributed by atoms with Gasteiger partial charge in [-0.05, 0) is 36.8 Å². The van der Waals surface area contributed by atoms with Crippen LogP contribution in [0.2, 0.25) is 0 Å². The van der Waals surface area contributed by atoms with Crippen LogP contribution in [-0.4, -0.2) is 45.6 Å². The zero-order valence-corrected chi connectivity index (χ0v) is 20.1. The number of ether oxygens (including phenoxy) is 2. The molecule has 0 spiro atoms. The molecule has 0 atom stereocenters. The van der Waals surface area contributed by atoms with Crippen molar-refractivity contribution >= 4 is 22.1 Å². The Kier molecular flexibility index (Phi) is 8.39. The van der Waals surface area contributed by atoms with Crippen LogP contribution >= 0.6 is 0 Å². The Morgan fingerprint density at radius 3 is 2.32 bits per heavy atom. The van der Waals surface area contributed by atoms with E-state index in [1.807, 2.05) is 37.3 Å². The quantitative estimate of drug-likeness (QED) is 0.354. The van der Waals surface area contributed by atoms with Gasteiger partial charge in [-0.3, -0.25) is 4.79 Å². The monoisotopic (exact) mass is 481 g/mol. The summed E-state index contributed by atoms with van der Waals surface area (Å²) in [4.78, 5) is 12.8. The van der Waals surface area contributed by atoms with Gasteiger partial charge in [0.15, 0.2) is 11.5 Å². The number of benzene rings is 3. The van der Waals surface area contributed by atoms with Gasteiger partial charge in [-0.15, -0.1) is 0 Å². The van der Waals surface area contributed by atoms with E-state index in [-0.39, 0.29) is 11.4 Å². The lowest BCUT2D eigenvalue weighted by Crippen LogP contribution is -2.39. The van der Waals surface area contributed by atoms with Gasteiger partial charge in [0.05, 0.1) is 31.9 Å². The number of para-hydroxylation sites is 1. The number of carbonyl (C=O) groups is 1. The highest BCUT2D eigenvalue weighted by Gasteiger charge is 2.27. The van der Waals surface area contributed by atoms with Gasteiger partial charge >= 0.3 is 0 Å². The van der Waals surface area contributed by atoms with E-state index in [9.17, 15) is 13.2 Å². The van der Waals surface area contributed by atoms with E-state index in [1.165, 1.54) is 32.6 Å². The summed E-state index contributed by atoms with van der Waals surface area (Å²) in [6.45, 7) is 1.51. The second-order valence-corrected chi connectivity index (χ2v) is 9.39. The molecule has 9 heteroatoms. The summed E-state index contributed by atoms with van der Waals surface area (Å²) in [5.74, 6) is 0.413. The van der Waals surface area contributed by atoms with Crippen LogP contribution in [0.15, 0.2) is 82.8 Å². The molecule has 1 N–H and O–H groups in total. The first-order valence-corrected chi connectivity index (χ1v) is 11.9. The molecule has 3 rings (SSSR count). The fourth-order valence-electron chi connectivity index (χ4n) is 3.26. The van der Waals surface area contributed by atoms with Gasteiger partial charge in [0.2, 0.25) is 10.0 Å². The number of sulfonamides is 1. The molecular weight excluding hydrogens is 454 g/mol. The molecule has 0 unspecified atom stereocenters. The van der Waals surface area contributed by atoms with E-state index in [0.29, 0.717) is 17.1 Å². The largest absolute Gasteiger partial charge is 0.493 e. The Morgan fingerprint density at radius 1 is 0.971 bits per heavy atom. The summed E-state index contributed by atoms with van der Waals surface area (Å²) in [5.41, 5.74) is 4.69. The predicted octanol–water partition coefficient (Wildman–Crippen LogP) is 3.35. The van der Waals surface area contributed by atoms with E-state index >= 15 is 0 Å². The molecule has 0 aliphatic rings. The lowest BCUT2D eigenvalue weighted by atomic mass is 10.2. The highest BCUT2D eigenvalue weighted by atomic mass is 32.2. The maximum atomic E-state index is 13.3. The minimum atomic E-state index is -3.92. The predicted molar refractivity (Wildman–Crippen MR) is 130 cm³/mol. The van der Waals surface area contributed by atoms with Gasteiger partial charge in [0, 0.05) is 12.1 Å². The fourth-order valence-corrected chi connectivity index (χ4v) is 4.64. The third-order valence-corrected chi connectivity index (χ3v) is 6.81. The first-order valence-electron chi connectivity index (χ1n) is 10.5. The highest BCUT2D eigenvalue weighted by Crippen LogP contribution is 2.29. The molecule has 3 aromatic carbocycles. The molecule has 178 valence electrons. The number of methoxy groups -OCH3 is 2. The minimum absolute atomic E-state index is 0.0396. The Hall–Kier alpha value is -3.69. The number of nitrogens with one attached hydrogen (secondary N) is 1. The Labute approximate surface area is 199 Å².